The molecule has 0 bridgehead atoms. The van der Waals surface area contributed by atoms with Gasteiger partial charge in [0.1, 0.15) is 5.52 Å². The number of amides is 1. The molecule has 0 saturated carbocycles. The van der Waals surface area contributed by atoms with Crippen molar-refractivity contribution in [1.82, 2.24) is 15.0 Å². The lowest BCUT2D eigenvalue weighted by Crippen LogP contribution is -2.31. The molecule has 1 unspecified atom stereocenters. The maximum atomic E-state index is 13.6. The van der Waals surface area contributed by atoms with Crippen LogP contribution in [0.4, 0.5) is 18.9 Å². The molecule has 3 rings (SSSR count). The molecule has 3 aromatic rings. The summed E-state index contributed by atoms with van der Waals surface area (Å²) in [4.78, 5) is 36.3. The number of rotatable bonds is 6. The van der Waals surface area contributed by atoms with Crippen LogP contribution in [0, 0.1) is 17.5 Å². The number of ether oxygens (including phenoxy) is 1. The molecular formula is C19H15F3N4O4. The maximum Gasteiger partial charge on any atom is 0.308 e. The molecule has 0 fully saturated rings. The van der Waals surface area contributed by atoms with Crippen molar-refractivity contribution >= 4 is 28.5 Å². The molecule has 30 heavy (non-hydrogen) atoms. The number of benzene rings is 2. The smallest absolute Gasteiger partial charge is 0.308 e. The first-order valence-electron chi connectivity index (χ1n) is 8.74. The van der Waals surface area contributed by atoms with Crippen LogP contribution in [0.2, 0.25) is 0 Å². The highest BCUT2D eigenvalue weighted by atomic mass is 19.2. The van der Waals surface area contributed by atoms with Gasteiger partial charge < -0.3 is 10.1 Å². The lowest BCUT2D eigenvalue weighted by atomic mass is 10.2. The fourth-order valence-electron chi connectivity index (χ4n) is 2.53. The summed E-state index contributed by atoms with van der Waals surface area (Å²) >= 11 is 0. The molecule has 8 nitrogen and oxygen atoms in total. The van der Waals surface area contributed by atoms with Gasteiger partial charge in [-0.2, -0.15) is 0 Å². The Hall–Kier alpha value is -3.76. The Morgan fingerprint density at radius 2 is 1.87 bits per heavy atom. The van der Waals surface area contributed by atoms with Gasteiger partial charge in [0.05, 0.1) is 24.0 Å². The van der Waals surface area contributed by atoms with Crippen molar-refractivity contribution < 1.29 is 27.5 Å². The van der Waals surface area contributed by atoms with Gasteiger partial charge in [0.2, 0.25) is 0 Å². The third-order valence-electron chi connectivity index (χ3n) is 4.13. The van der Waals surface area contributed by atoms with E-state index in [0.29, 0.717) is 17.0 Å². The second-order valence-electron chi connectivity index (χ2n) is 6.23. The molecule has 1 amide bonds. The van der Waals surface area contributed by atoms with Crippen LogP contribution in [0.1, 0.15) is 13.3 Å². The van der Waals surface area contributed by atoms with Crippen molar-refractivity contribution in [2.24, 2.45) is 0 Å². The predicted molar refractivity (Wildman–Crippen MR) is 98.9 cm³/mol. The third kappa shape index (κ3) is 4.45. The molecule has 0 aliphatic carbocycles. The zero-order valence-corrected chi connectivity index (χ0v) is 15.6. The van der Waals surface area contributed by atoms with Crippen LogP contribution >= 0.6 is 0 Å². The molecule has 156 valence electrons. The summed E-state index contributed by atoms with van der Waals surface area (Å²) in [6.45, 7) is 1.08. The number of fused-ring (bicyclic) bond motifs is 1. The Kier molecular flexibility index (Phi) is 6.09. The van der Waals surface area contributed by atoms with Gasteiger partial charge in [-0.15, -0.1) is 5.10 Å². The number of hydrogen-bond acceptors (Lipinski definition) is 6. The van der Waals surface area contributed by atoms with E-state index in [1.165, 1.54) is 6.92 Å². The molecule has 1 atom stereocenters. The summed E-state index contributed by atoms with van der Waals surface area (Å²) in [7, 11) is 0. The second-order valence-corrected chi connectivity index (χ2v) is 6.23. The lowest BCUT2D eigenvalue weighted by Gasteiger charge is -2.14. The highest BCUT2D eigenvalue weighted by Crippen LogP contribution is 2.20. The highest BCUT2D eigenvalue weighted by Gasteiger charge is 2.21. The number of anilines is 1. The number of nitrogens with zero attached hydrogens (tertiary/aromatic N) is 3. The van der Waals surface area contributed by atoms with Crippen LogP contribution in [0.3, 0.4) is 0 Å². The standard InChI is InChI=1S/C19H15F3N4O4/c1-10(18(28)23-14-7-6-12(20)16(21)17(14)22)30-15(27)8-9-26-19(29)11-4-2-3-5-13(11)24-25-26/h2-7,10H,8-9H2,1H3,(H,23,28). The number of hydrogen-bond donors (Lipinski definition) is 1. The summed E-state index contributed by atoms with van der Waals surface area (Å²) in [6.07, 6.45) is -1.64. The average molecular weight is 420 g/mol. The normalized spacial score (nSPS) is 11.9. The fraction of sp³-hybridized carbons (Fsp3) is 0.211. The number of halogens is 3. The lowest BCUT2D eigenvalue weighted by molar-refractivity contribution is -0.153. The van der Waals surface area contributed by atoms with Gasteiger partial charge in [0.15, 0.2) is 23.6 Å². The van der Waals surface area contributed by atoms with Gasteiger partial charge in [-0.05, 0) is 31.2 Å². The average Bonchev–Trinajstić information content (AvgIpc) is 2.73. The zero-order valence-electron chi connectivity index (χ0n) is 15.6. The van der Waals surface area contributed by atoms with E-state index < -0.39 is 46.7 Å². The molecule has 2 aromatic carbocycles. The molecule has 0 aliphatic rings. The number of esters is 1. The number of carbonyl (C=O) groups is 2. The first-order valence-corrected chi connectivity index (χ1v) is 8.74. The Bertz CT molecular complexity index is 1180. The van der Waals surface area contributed by atoms with Gasteiger partial charge in [-0.25, -0.2) is 17.9 Å². The molecular weight excluding hydrogens is 405 g/mol. The molecule has 11 heteroatoms. The fourth-order valence-corrected chi connectivity index (χ4v) is 2.53. The molecule has 1 aromatic heterocycles. The Morgan fingerprint density at radius 3 is 2.63 bits per heavy atom. The minimum Gasteiger partial charge on any atom is -0.452 e. The van der Waals surface area contributed by atoms with Crippen LogP contribution < -0.4 is 10.9 Å². The van der Waals surface area contributed by atoms with E-state index in [1.807, 2.05) is 5.32 Å². The highest BCUT2D eigenvalue weighted by molar-refractivity contribution is 5.95. The minimum absolute atomic E-state index is 0.137. The molecule has 0 radical (unpaired) electrons. The van der Waals surface area contributed by atoms with Crippen molar-refractivity contribution in [3.8, 4) is 0 Å². The van der Waals surface area contributed by atoms with Crippen LogP contribution in [0.15, 0.2) is 41.2 Å². The summed E-state index contributed by atoms with van der Waals surface area (Å²) in [5.74, 6) is -6.49. The monoisotopic (exact) mass is 420 g/mol. The SMILES string of the molecule is CC(OC(=O)CCn1nnc2ccccc2c1=O)C(=O)Nc1ccc(F)c(F)c1F. The molecule has 0 aliphatic heterocycles. The molecule has 1 heterocycles. The van der Waals surface area contributed by atoms with E-state index in [4.69, 9.17) is 4.74 Å². The van der Waals surface area contributed by atoms with Gasteiger partial charge in [-0.1, -0.05) is 17.3 Å². The van der Waals surface area contributed by atoms with Crippen LogP contribution in [-0.4, -0.2) is 33.0 Å². The van der Waals surface area contributed by atoms with Crippen molar-refractivity contribution in [2.45, 2.75) is 26.0 Å². The maximum absolute atomic E-state index is 13.6. The van der Waals surface area contributed by atoms with Crippen molar-refractivity contribution in [1.29, 1.82) is 0 Å². The Labute approximate surface area is 167 Å². The first-order chi connectivity index (χ1) is 14.3. The molecule has 0 spiro atoms. The van der Waals surface area contributed by atoms with Crippen LogP contribution in [0.5, 0.6) is 0 Å². The van der Waals surface area contributed by atoms with E-state index in [0.717, 1.165) is 10.7 Å². The summed E-state index contributed by atoms with van der Waals surface area (Å²) in [5.41, 5.74) is -0.621. The topological polar surface area (TPSA) is 103 Å². The second kappa shape index (κ2) is 8.72. The van der Waals surface area contributed by atoms with E-state index in [1.54, 1.807) is 24.3 Å². The van der Waals surface area contributed by atoms with Crippen LogP contribution in [-0.2, 0) is 20.9 Å². The van der Waals surface area contributed by atoms with E-state index >= 15 is 0 Å². The number of carbonyl (C=O) groups excluding carboxylic acids is 2. The third-order valence-corrected chi connectivity index (χ3v) is 4.13. The quantitative estimate of drug-likeness (QED) is 0.484. The predicted octanol–water partition coefficient (Wildman–Crippen LogP) is 2.17. The van der Waals surface area contributed by atoms with Gasteiger partial charge in [0, 0.05) is 0 Å². The first kappa shape index (κ1) is 21.0. The van der Waals surface area contributed by atoms with Crippen molar-refractivity contribution in [3.05, 3.63) is 64.2 Å². The Morgan fingerprint density at radius 1 is 1.13 bits per heavy atom. The summed E-state index contributed by atoms with van der Waals surface area (Å²) < 4.78 is 45.7. The van der Waals surface area contributed by atoms with E-state index in [2.05, 4.69) is 10.3 Å². The molecule has 1 N–H and O–H groups in total. The van der Waals surface area contributed by atoms with Crippen molar-refractivity contribution in [3.63, 3.8) is 0 Å². The largest absolute Gasteiger partial charge is 0.452 e. The summed E-state index contributed by atoms with van der Waals surface area (Å²) in [5, 5.41) is 9.96. The van der Waals surface area contributed by atoms with Gasteiger partial charge >= 0.3 is 5.97 Å². The zero-order chi connectivity index (χ0) is 21.8. The van der Waals surface area contributed by atoms with Crippen LogP contribution in [0.25, 0.3) is 10.9 Å². The molecule has 0 saturated heterocycles. The van der Waals surface area contributed by atoms with E-state index in [-0.39, 0.29) is 13.0 Å². The van der Waals surface area contributed by atoms with Crippen molar-refractivity contribution in [2.75, 3.05) is 5.32 Å². The van der Waals surface area contributed by atoms with Gasteiger partial charge in [0.25, 0.3) is 11.5 Å². The van der Waals surface area contributed by atoms with E-state index in [9.17, 15) is 27.6 Å². The number of aryl methyl sites for hydroxylation is 1. The van der Waals surface area contributed by atoms with Gasteiger partial charge in [-0.3, -0.25) is 14.4 Å². The summed E-state index contributed by atoms with van der Waals surface area (Å²) in [6, 6.07) is 8.05. The minimum atomic E-state index is -1.74. The number of nitrogens with one attached hydrogen (secondary N) is 1. The Balaban J connectivity index is 1.58. The number of aromatic nitrogens is 3.